The molecule has 4 heteroatoms. The van der Waals surface area contributed by atoms with Crippen LogP contribution in [0.3, 0.4) is 0 Å². The smallest absolute Gasteiger partial charge is 0.108 e. The number of fused-ring (bicyclic) bond motifs is 1. The molecule has 0 saturated carbocycles. The Labute approximate surface area is 94.5 Å². The van der Waals surface area contributed by atoms with Gasteiger partial charge in [0.15, 0.2) is 0 Å². The molecule has 0 fully saturated rings. The molecule has 0 spiro atoms. The molecule has 0 saturated heterocycles. The predicted molar refractivity (Wildman–Crippen MR) is 63.1 cm³/mol. The van der Waals surface area contributed by atoms with Crippen molar-refractivity contribution in [2.75, 3.05) is 20.6 Å². The summed E-state index contributed by atoms with van der Waals surface area (Å²) in [5, 5.41) is 8.95. The molecule has 1 aromatic carbocycles. The molecule has 16 heavy (non-hydrogen) atoms. The first-order chi connectivity index (χ1) is 7.70. The van der Waals surface area contributed by atoms with Crippen molar-refractivity contribution >= 4 is 11.0 Å². The molecule has 0 bridgehead atoms. The standard InChI is InChI=1S/C12H14N4/c1-16(2)7-6-11-14-10-5-3-4-9(8-13)12(10)15-11/h3-5H,6-7H2,1-2H3,(H,14,15). The van der Waals surface area contributed by atoms with Gasteiger partial charge in [0.1, 0.15) is 17.4 Å². The summed E-state index contributed by atoms with van der Waals surface area (Å²) in [5.41, 5.74) is 2.34. The number of benzene rings is 1. The number of nitriles is 1. The lowest BCUT2D eigenvalue weighted by Gasteiger charge is -2.06. The van der Waals surface area contributed by atoms with E-state index in [1.165, 1.54) is 0 Å². The first-order valence-corrected chi connectivity index (χ1v) is 5.23. The topological polar surface area (TPSA) is 55.7 Å². The van der Waals surface area contributed by atoms with Crippen molar-refractivity contribution in [1.82, 2.24) is 14.9 Å². The zero-order valence-corrected chi connectivity index (χ0v) is 9.49. The lowest BCUT2D eigenvalue weighted by molar-refractivity contribution is 0.410. The Morgan fingerprint density at radius 2 is 2.25 bits per heavy atom. The lowest BCUT2D eigenvalue weighted by atomic mass is 10.2. The number of H-pyrrole nitrogens is 1. The van der Waals surface area contributed by atoms with Crippen LogP contribution in [0.4, 0.5) is 0 Å². The molecule has 2 aromatic rings. The number of hydrogen-bond donors (Lipinski definition) is 1. The summed E-state index contributed by atoms with van der Waals surface area (Å²) in [6.45, 7) is 0.946. The lowest BCUT2D eigenvalue weighted by Crippen LogP contribution is -2.15. The summed E-state index contributed by atoms with van der Waals surface area (Å²) in [7, 11) is 4.06. The van der Waals surface area contributed by atoms with Crippen molar-refractivity contribution in [3.8, 4) is 6.07 Å². The van der Waals surface area contributed by atoms with Crippen molar-refractivity contribution in [2.45, 2.75) is 6.42 Å². The second-order valence-corrected chi connectivity index (χ2v) is 4.05. The maximum absolute atomic E-state index is 8.95. The number of nitrogens with zero attached hydrogens (tertiary/aromatic N) is 3. The molecule has 4 nitrogen and oxygen atoms in total. The Morgan fingerprint density at radius 1 is 1.44 bits per heavy atom. The van der Waals surface area contributed by atoms with Gasteiger partial charge in [-0.15, -0.1) is 0 Å². The molecule has 0 aliphatic heterocycles. The van der Waals surface area contributed by atoms with Crippen molar-refractivity contribution < 1.29 is 0 Å². The van der Waals surface area contributed by atoms with Gasteiger partial charge in [-0.1, -0.05) is 6.07 Å². The van der Waals surface area contributed by atoms with Gasteiger partial charge in [0.05, 0.1) is 11.1 Å². The maximum atomic E-state index is 8.95. The van der Waals surface area contributed by atoms with E-state index in [1.54, 1.807) is 6.07 Å². The van der Waals surface area contributed by atoms with E-state index in [-0.39, 0.29) is 0 Å². The molecule has 1 heterocycles. The third kappa shape index (κ3) is 2.05. The zero-order chi connectivity index (χ0) is 11.5. The monoisotopic (exact) mass is 214 g/mol. The number of hydrogen-bond acceptors (Lipinski definition) is 3. The van der Waals surface area contributed by atoms with Crippen LogP contribution in [-0.2, 0) is 6.42 Å². The van der Waals surface area contributed by atoms with Crippen LogP contribution in [-0.4, -0.2) is 35.5 Å². The Balaban J connectivity index is 2.33. The van der Waals surface area contributed by atoms with Gasteiger partial charge < -0.3 is 9.88 Å². The van der Waals surface area contributed by atoms with Crippen LogP contribution < -0.4 is 0 Å². The number of rotatable bonds is 3. The molecule has 0 radical (unpaired) electrons. The van der Waals surface area contributed by atoms with E-state index in [1.807, 2.05) is 26.2 Å². The first-order valence-electron chi connectivity index (χ1n) is 5.23. The normalized spacial score (nSPS) is 10.9. The average molecular weight is 214 g/mol. The summed E-state index contributed by atoms with van der Waals surface area (Å²) in [6, 6.07) is 7.76. The SMILES string of the molecule is CN(C)CCc1nc2c(C#N)cccc2[nH]1. The fraction of sp³-hybridized carbons (Fsp3) is 0.333. The quantitative estimate of drug-likeness (QED) is 0.843. The molecule has 2 rings (SSSR count). The minimum Gasteiger partial charge on any atom is -0.342 e. The summed E-state index contributed by atoms with van der Waals surface area (Å²) < 4.78 is 0. The van der Waals surface area contributed by atoms with Crippen molar-refractivity contribution in [1.29, 1.82) is 5.26 Å². The highest BCUT2D eigenvalue weighted by atomic mass is 15.1. The van der Waals surface area contributed by atoms with Crippen molar-refractivity contribution in [2.24, 2.45) is 0 Å². The van der Waals surface area contributed by atoms with Gasteiger partial charge in [0, 0.05) is 13.0 Å². The van der Waals surface area contributed by atoms with Gasteiger partial charge in [0.25, 0.3) is 0 Å². The molecular formula is C12H14N4. The van der Waals surface area contributed by atoms with Gasteiger partial charge in [0.2, 0.25) is 0 Å². The number of imidazole rings is 1. The van der Waals surface area contributed by atoms with E-state index in [4.69, 9.17) is 5.26 Å². The van der Waals surface area contributed by atoms with Crippen molar-refractivity contribution in [3.63, 3.8) is 0 Å². The highest BCUT2D eigenvalue weighted by molar-refractivity contribution is 5.81. The Hall–Kier alpha value is -1.86. The number of aromatic amines is 1. The van der Waals surface area contributed by atoms with E-state index >= 15 is 0 Å². The highest BCUT2D eigenvalue weighted by Crippen LogP contribution is 2.15. The predicted octanol–water partition coefficient (Wildman–Crippen LogP) is 1.54. The second-order valence-electron chi connectivity index (χ2n) is 4.05. The minimum absolute atomic E-state index is 0.629. The van der Waals surface area contributed by atoms with Crippen LogP contribution in [0.1, 0.15) is 11.4 Å². The van der Waals surface area contributed by atoms with E-state index < -0.39 is 0 Å². The fourth-order valence-corrected chi connectivity index (χ4v) is 1.62. The summed E-state index contributed by atoms with van der Waals surface area (Å²) >= 11 is 0. The van der Waals surface area contributed by atoms with Crippen LogP contribution in [0.15, 0.2) is 18.2 Å². The minimum atomic E-state index is 0.629. The third-order valence-electron chi connectivity index (χ3n) is 2.48. The Bertz CT molecular complexity index is 533. The molecular weight excluding hydrogens is 200 g/mol. The number of likely N-dealkylation sites (N-methyl/N-ethyl adjacent to an activating group) is 1. The van der Waals surface area contributed by atoms with E-state index in [2.05, 4.69) is 20.9 Å². The maximum Gasteiger partial charge on any atom is 0.108 e. The molecule has 0 aliphatic carbocycles. The molecule has 0 unspecified atom stereocenters. The number of para-hydroxylation sites is 1. The average Bonchev–Trinajstić information content (AvgIpc) is 2.68. The van der Waals surface area contributed by atoms with Gasteiger partial charge >= 0.3 is 0 Å². The highest BCUT2D eigenvalue weighted by Gasteiger charge is 2.06. The third-order valence-corrected chi connectivity index (χ3v) is 2.48. The van der Waals surface area contributed by atoms with Crippen molar-refractivity contribution in [3.05, 3.63) is 29.6 Å². The van der Waals surface area contributed by atoms with Gasteiger partial charge in [-0.05, 0) is 26.2 Å². The first kappa shape index (κ1) is 10.7. The van der Waals surface area contributed by atoms with Crippen LogP contribution in [0.5, 0.6) is 0 Å². The molecule has 1 aromatic heterocycles. The largest absolute Gasteiger partial charge is 0.342 e. The summed E-state index contributed by atoms with van der Waals surface area (Å²) in [4.78, 5) is 9.80. The van der Waals surface area contributed by atoms with E-state index in [9.17, 15) is 0 Å². The van der Waals surface area contributed by atoms with Gasteiger partial charge in [-0.25, -0.2) is 4.98 Å². The summed E-state index contributed by atoms with van der Waals surface area (Å²) in [6.07, 6.45) is 0.868. The van der Waals surface area contributed by atoms with Crippen LogP contribution in [0.2, 0.25) is 0 Å². The Kier molecular flexibility index (Phi) is 2.88. The second kappa shape index (κ2) is 4.33. The van der Waals surface area contributed by atoms with E-state index in [0.717, 1.165) is 29.8 Å². The molecule has 0 atom stereocenters. The van der Waals surface area contributed by atoms with Crippen LogP contribution >= 0.6 is 0 Å². The molecule has 82 valence electrons. The molecule has 1 N–H and O–H groups in total. The molecule has 0 aliphatic rings. The Morgan fingerprint density at radius 3 is 2.94 bits per heavy atom. The van der Waals surface area contributed by atoms with E-state index in [0.29, 0.717) is 5.56 Å². The number of aromatic nitrogens is 2. The number of nitrogens with one attached hydrogen (secondary N) is 1. The van der Waals surface area contributed by atoms with Crippen LogP contribution in [0.25, 0.3) is 11.0 Å². The molecule has 0 amide bonds. The van der Waals surface area contributed by atoms with Gasteiger partial charge in [-0.3, -0.25) is 0 Å². The van der Waals surface area contributed by atoms with Gasteiger partial charge in [-0.2, -0.15) is 5.26 Å². The fourth-order valence-electron chi connectivity index (χ4n) is 1.62. The summed E-state index contributed by atoms with van der Waals surface area (Å²) in [5.74, 6) is 0.936. The van der Waals surface area contributed by atoms with Crippen LogP contribution in [0, 0.1) is 11.3 Å². The zero-order valence-electron chi connectivity index (χ0n) is 9.49.